The van der Waals surface area contributed by atoms with Gasteiger partial charge in [-0.15, -0.1) is 0 Å². The number of carbonyl (C=O) groups is 1. The van der Waals surface area contributed by atoms with Crippen LogP contribution >= 0.6 is 0 Å². The monoisotopic (exact) mass is 368 g/mol. The summed E-state index contributed by atoms with van der Waals surface area (Å²) in [4.78, 5) is 17.1. The molecule has 1 heterocycles. The van der Waals surface area contributed by atoms with Gasteiger partial charge in [0.2, 0.25) is 0 Å². The lowest BCUT2D eigenvalue weighted by molar-refractivity contribution is 0.0627. The first kappa shape index (κ1) is 19.2. The van der Waals surface area contributed by atoms with Crippen LogP contribution in [0.25, 0.3) is 0 Å². The lowest BCUT2D eigenvalue weighted by Crippen LogP contribution is -2.48. The molecule has 1 amide bonds. The van der Waals surface area contributed by atoms with Crippen molar-refractivity contribution in [2.24, 2.45) is 0 Å². The molecule has 1 aliphatic heterocycles. The Kier molecular flexibility index (Phi) is 6.01. The van der Waals surface area contributed by atoms with E-state index >= 15 is 0 Å². The summed E-state index contributed by atoms with van der Waals surface area (Å²) in [5, 5.41) is 0. The molecule has 0 aromatic heterocycles. The Balaban J connectivity index is 1.63. The van der Waals surface area contributed by atoms with Crippen LogP contribution < -0.4 is 9.47 Å². The number of hydrogen-bond acceptors (Lipinski definition) is 4. The maximum absolute atomic E-state index is 12.8. The number of hydrogen-bond donors (Lipinski definition) is 0. The summed E-state index contributed by atoms with van der Waals surface area (Å²) in [6, 6.07) is 11.9. The van der Waals surface area contributed by atoms with Crippen LogP contribution in [0.1, 0.15) is 27.0 Å². The maximum Gasteiger partial charge on any atom is 0.253 e. The molecule has 0 N–H and O–H groups in total. The molecular formula is C22H28N2O3. The van der Waals surface area contributed by atoms with Crippen molar-refractivity contribution in [1.29, 1.82) is 0 Å². The molecule has 27 heavy (non-hydrogen) atoms. The molecule has 1 aliphatic rings. The molecule has 0 aliphatic carbocycles. The number of piperazine rings is 1. The summed E-state index contributed by atoms with van der Waals surface area (Å²) in [6.07, 6.45) is 0. The number of methoxy groups -OCH3 is 2. The standard InChI is InChI=1S/C22H28N2O3/c1-16-11-17(2)13-18(12-16)22(25)24-9-7-23(8-10-24)15-19-14-20(26-3)5-6-21(19)27-4/h5-6,11-14H,7-10,15H2,1-4H3. The molecule has 144 valence electrons. The minimum atomic E-state index is 0.125. The number of carbonyl (C=O) groups excluding carboxylic acids is 1. The van der Waals surface area contributed by atoms with Crippen LogP contribution in [0.3, 0.4) is 0 Å². The normalized spacial score (nSPS) is 14.9. The molecule has 2 aromatic carbocycles. The summed E-state index contributed by atoms with van der Waals surface area (Å²) in [6.45, 7) is 8.00. The first-order valence-corrected chi connectivity index (χ1v) is 9.31. The van der Waals surface area contributed by atoms with E-state index in [4.69, 9.17) is 9.47 Å². The van der Waals surface area contributed by atoms with Gasteiger partial charge in [-0.2, -0.15) is 0 Å². The minimum Gasteiger partial charge on any atom is -0.497 e. The topological polar surface area (TPSA) is 42.0 Å². The van der Waals surface area contributed by atoms with Crippen LogP contribution in [0.15, 0.2) is 36.4 Å². The van der Waals surface area contributed by atoms with Crippen molar-refractivity contribution < 1.29 is 14.3 Å². The largest absolute Gasteiger partial charge is 0.497 e. The maximum atomic E-state index is 12.8. The van der Waals surface area contributed by atoms with Gasteiger partial charge in [0.05, 0.1) is 14.2 Å². The molecule has 0 unspecified atom stereocenters. The fraction of sp³-hybridized carbons (Fsp3) is 0.409. The zero-order valence-electron chi connectivity index (χ0n) is 16.6. The van der Waals surface area contributed by atoms with E-state index in [1.807, 2.05) is 49.1 Å². The van der Waals surface area contributed by atoms with E-state index in [0.717, 1.165) is 66.5 Å². The van der Waals surface area contributed by atoms with Gasteiger partial charge in [-0.25, -0.2) is 0 Å². The molecule has 1 saturated heterocycles. The average molecular weight is 368 g/mol. The Labute approximate surface area is 161 Å². The van der Waals surface area contributed by atoms with Crippen molar-refractivity contribution in [2.75, 3.05) is 40.4 Å². The summed E-state index contributed by atoms with van der Waals surface area (Å²) in [5.41, 5.74) is 4.14. The van der Waals surface area contributed by atoms with Crippen LogP contribution in [0, 0.1) is 13.8 Å². The van der Waals surface area contributed by atoms with Gasteiger partial charge in [-0.1, -0.05) is 17.2 Å². The quantitative estimate of drug-likeness (QED) is 0.812. The van der Waals surface area contributed by atoms with E-state index in [9.17, 15) is 4.79 Å². The van der Waals surface area contributed by atoms with E-state index in [0.29, 0.717) is 0 Å². The minimum absolute atomic E-state index is 0.125. The lowest BCUT2D eigenvalue weighted by atomic mass is 10.1. The molecule has 0 spiro atoms. The van der Waals surface area contributed by atoms with Gasteiger partial charge in [0.25, 0.3) is 5.91 Å². The van der Waals surface area contributed by atoms with Gasteiger partial charge in [-0.05, 0) is 44.2 Å². The Morgan fingerprint density at radius 3 is 2.19 bits per heavy atom. The third-order valence-corrected chi connectivity index (χ3v) is 5.01. The number of aryl methyl sites for hydroxylation is 2. The van der Waals surface area contributed by atoms with Gasteiger partial charge < -0.3 is 14.4 Å². The number of amides is 1. The first-order chi connectivity index (χ1) is 13.0. The highest BCUT2D eigenvalue weighted by molar-refractivity contribution is 5.94. The third-order valence-electron chi connectivity index (χ3n) is 5.01. The van der Waals surface area contributed by atoms with E-state index in [1.165, 1.54) is 0 Å². The molecule has 0 atom stereocenters. The molecule has 2 aromatic rings. The zero-order chi connectivity index (χ0) is 19.4. The van der Waals surface area contributed by atoms with Crippen molar-refractivity contribution in [3.8, 4) is 11.5 Å². The molecule has 0 radical (unpaired) electrons. The van der Waals surface area contributed by atoms with Crippen molar-refractivity contribution in [1.82, 2.24) is 9.80 Å². The van der Waals surface area contributed by atoms with Gasteiger partial charge in [-0.3, -0.25) is 9.69 Å². The number of ether oxygens (including phenoxy) is 2. The Bertz CT molecular complexity index is 791. The lowest BCUT2D eigenvalue weighted by Gasteiger charge is -2.35. The van der Waals surface area contributed by atoms with Crippen molar-refractivity contribution in [3.63, 3.8) is 0 Å². The molecule has 0 bridgehead atoms. The highest BCUT2D eigenvalue weighted by atomic mass is 16.5. The Morgan fingerprint density at radius 1 is 0.926 bits per heavy atom. The van der Waals surface area contributed by atoms with Crippen LogP contribution in [-0.4, -0.2) is 56.1 Å². The summed E-state index contributed by atoms with van der Waals surface area (Å²) >= 11 is 0. The SMILES string of the molecule is COc1ccc(OC)c(CN2CCN(C(=O)c3cc(C)cc(C)c3)CC2)c1. The van der Waals surface area contributed by atoms with Crippen molar-refractivity contribution in [2.45, 2.75) is 20.4 Å². The fourth-order valence-electron chi connectivity index (χ4n) is 3.64. The molecule has 3 rings (SSSR count). The molecule has 5 nitrogen and oxygen atoms in total. The van der Waals surface area contributed by atoms with Crippen LogP contribution in [0.2, 0.25) is 0 Å². The van der Waals surface area contributed by atoms with Crippen LogP contribution in [0.4, 0.5) is 0 Å². The van der Waals surface area contributed by atoms with Crippen LogP contribution in [0.5, 0.6) is 11.5 Å². The van der Waals surface area contributed by atoms with Gasteiger partial charge in [0.1, 0.15) is 11.5 Å². The average Bonchev–Trinajstić information content (AvgIpc) is 2.67. The van der Waals surface area contributed by atoms with Crippen LogP contribution in [-0.2, 0) is 6.54 Å². The molecule has 5 heteroatoms. The second kappa shape index (κ2) is 8.44. The second-order valence-electron chi connectivity index (χ2n) is 7.12. The first-order valence-electron chi connectivity index (χ1n) is 9.31. The van der Waals surface area contributed by atoms with Gasteiger partial charge >= 0.3 is 0 Å². The van der Waals surface area contributed by atoms with E-state index in [2.05, 4.69) is 11.0 Å². The number of benzene rings is 2. The second-order valence-corrected chi connectivity index (χ2v) is 7.12. The fourth-order valence-corrected chi connectivity index (χ4v) is 3.64. The third kappa shape index (κ3) is 4.61. The van der Waals surface area contributed by atoms with Gasteiger partial charge in [0, 0.05) is 43.9 Å². The van der Waals surface area contributed by atoms with E-state index < -0.39 is 0 Å². The molecule has 0 saturated carbocycles. The van der Waals surface area contributed by atoms with Gasteiger partial charge in [0.15, 0.2) is 0 Å². The highest BCUT2D eigenvalue weighted by Crippen LogP contribution is 2.25. The predicted molar refractivity (Wildman–Crippen MR) is 107 cm³/mol. The number of rotatable bonds is 5. The molecule has 1 fully saturated rings. The van der Waals surface area contributed by atoms with E-state index in [1.54, 1.807) is 14.2 Å². The number of nitrogens with zero attached hydrogens (tertiary/aromatic N) is 2. The highest BCUT2D eigenvalue weighted by Gasteiger charge is 2.23. The van der Waals surface area contributed by atoms with Crippen molar-refractivity contribution >= 4 is 5.91 Å². The Morgan fingerprint density at radius 2 is 1.59 bits per heavy atom. The summed E-state index contributed by atoms with van der Waals surface area (Å²) < 4.78 is 10.8. The van der Waals surface area contributed by atoms with Crippen molar-refractivity contribution in [3.05, 3.63) is 58.7 Å². The zero-order valence-corrected chi connectivity index (χ0v) is 16.6. The van der Waals surface area contributed by atoms with E-state index in [-0.39, 0.29) is 5.91 Å². The summed E-state index contributed by atoms with van der Waals surface area (Å²) in [7, 11) is 3.36. The predicted octanol–water partition coefficient (Wildman–Crippen LogP) is 3.28. The summed E-state index contributed by atoms with van der Waals surface area (Å²) in [5.74, 6) is 1.82. The molecular weight excluding hydrogens is 340 g/mol. The Hall–Kier alpha value is -2.53. The smallest absolute Gasteiger partial charge is 0.253 e.